The van der Waals surface area contributed by atoms with Crippen molar-refractivity contribution in [2.45, 2.75) is 12.8 Å². The van der Waals surface area contributed by atoms with E-state index in [1.54, 1.807) is 6.07 Å². The van der Waals surface area contributed by atoms with Crippen molar-refractivity contribution in [3.63, 3.8) is 0 Å². The molecule has 1 amide bonds. The van der Waals surface area contributed by atoms with Gasteiger partial charge in [-0.15, -0.1) is 11.3 Å². The zero-order chi connectivity index (χ0) is 14.0. The molecule has 0 radical (unpaired) electrons. The van der Waals surface area contributed by atoms with E-state index in [4.69, 9.17) is 28.9 Å². The van der Waals surface area contributed by atoms with Crippen LogP contribution in [0.5, 0.6) is 0 Å². The molecule has 0 bridgehead atoms. The van der Waals surface area contributed by atoms with E-state index in [-0.39, 0.29) is 24.2 Å². The highest BCUT2D eigenvalue weighted by atomic mass is 35.5. The van der Waals surface area contributed by atoms with Crippen LogP contribution in [0, 0.1) is 5.92 Å². The molecule has 1 fully saturated rings. The zero-order valence-electron chi connectivity index (χ0n) is 10.2. The van der Waals surface area contributed by atoms with Crippen LogP contribution in [0.1, 0.15) is 23.2 Å². The fraction of sp³-hybridized carbons (Fsp3) is 0.500. The van der Waals surface area contributed by atoms with Crippen LogP contribution in [-0.2, 0) is 4.79 Å². The van der Waals surface area contributed by atoms with Crippen LogP contribution in [0.15, 0.2) is 6.07 Å². The minimum absolute atomic E-state index is 0.0710. The van der Waals surface area contributed by atoms with Crippen molar-refractivity contribution in [2.75, 3.05) is 19.6 Å². The summed E-state index contributed by atoms with van der Waals surface area (Å²) >= 11 is 13.0. The molecule has 2 N–H and O–H groups in total. The van der Waals surface area contributed by atoms with Crippen LogP contribution in [0.3, 0.4) is 0 Å². The highest BCUT2D eigenvalue weighted by Gasteiger charge is 2.26. The van der Waals surface area contributed by atoms with Crippen molar-refractivity contribution in [3.05, 3.63) is 20.3 Å². The second kappa shape index (κ2) is 6.22. The molecule has 1 aliphatic rings. The van der Waals surface area contributed by atoms with Gasteiger partial charge in [-0.3, -0.25) is 14.5 Å². The number of ketones is 1. The Kier molecular flexibility index (Phi) is 4.84. The Balaban J connectivity index is 1.99. The van der Waals surface area contributed by atoms with Gasteiger partial charge in [0.1, 0.15) is 4.34 Å². The molecule has 0 aliphatic carbocycles. The molecule has 7 heteroatoms. The molecule has 0 saturated carbocycles. The number of primary amides is 1. The molecule has 1 aromatic heterocycles. The van der Waals surface area contributed by atoms with E-state index in [1.807, 2.05) is 4.90 Å². The molecular formula is C12H14Cl2N2O2S. The van der Waals surface area contributed by atoms with Gasteiger partial charge in [-0.2, -0.15) is 0 Å². The maximum absolute atomic E-state index is 12.1. The minimum atomic E-state index is -0.297. The van der Waals surface area contributed by atoms with Crippen LogP contribution in [0.2, 0.25) is 8.67 Å². The van der Waals surface area contributed by atoms with Crippen LogP contribution in [0.4, 0.5) is 0 Å². The van der Waals surface area contributed by atoms with Crippen molar-refractivity contribution in [1.82, 2.24) is 4.90 Å². The third-order valence-corrected chi connectivity index (χ3v) is 4.72. The number of nitrogens with zero attached hydrogens (tertiary/aromatic N) is 1. The highest BCUT2D eigenvalue weighted by molar-refractivity contribution is 7.20. The summed E-state index contributed by atoms with van der Waals surface area (Å²) in [6.07, 6.45) is 1.67. The van der Waals surface area contributed by atoms with E-state index in [1.165, 1.54) is 11.3 Å². The van der Waals surface area contributed by atoms with Crippen molar-refractivity contribution >= 4 is 46.2 Å². The number of amides is 1. The van der Waals surface area contributed by atoms with Gasteiger partial charge in [-0.1, -0.05) is 23.2 Å². The SMILES string of the molecule is NC(=O)C1CCCN(CC(=O)c2cc(Cl)sc2Cl)C1. The van der Waals surface area contributed by atoms with Gasteiger partial charge in [0.25, 0.3) is 0 Å². The Morgan fingerprint density at radius 1 is 1.47 bits per heavy atom. The van der Waals surface area contributed by atoms with Crippen molar-refractivity contribution in [2.24, 2.45) is 11.7 Å². The number of carbonyl (C=O) groups is 2. The first-order valence-corrected chi connectivity index (χ1v) is 7.54. The molecule has 1 aliphatic heterocycles. The van der Waals surface area contributed by atoms with Crippen molar-refractivity contribution < 1.29 is 9.59 Å². The van der Waals surface area contributed by atoms with Gasteiger partial charge >= 0.3 is 0 Å². The lowest BCUT2D eigenvalue weighted by atomic mass is 9.97. The lowest BCUT2D eigenvalue weighted by molar-refractivity contribution is -0.123. The second-order valence-corrected chi connectivity index (χ2v) is 6.92. The summed E-state index contributed by atoms with van der Waals surface area (Å²) in [5.41, 5.74) is 5.77. The summed E-state index contributed by atoms with van der Waals surface area (Å²) < 4.78 is 0.917. The molecule has 104 valence electrons. The molecule has 4 nitrogen and oxygen atoms in total. The highest BCUT2D eigenvalue weighted by Crippen LogP contribution is 2.31. The van der Waals surface area contributed by atoms with E-state index < -0.39 is 0 Å². The molecule has 1 aromatic rings. The maximum atomic E-state index is 12.1. The molecule has 19 heavy (non-hydrogen) atoms. The normalized spacial score (nSPS) is 20.4. The lowest BCUT2D eigenvalue weighted by Gasteiger charge is -2.30. The Morgan fingerprint density at radius 3 is 2.79 bits per heavy atom. The van der Waals surface area contributed by atoms with E-state index in [9.17, 15) is 9.59 Å². The molecule has 2 heterocycles. The topological polar surface area (TPSA) is 63.4 Å². The average molecular weight is 321 g/mol. The summed E-state index contributed by atoms with van der Waals surface area (Å²) in [5, 5.41) is 0. The van der Waals surface area contributed by atoms with Gasteiger partial charge in [0.2, 0.25) is 5.91 Å². The van der Waals surface area contributed by atoms with Crippen molar-refractivity contribution in [1.29, 1.82) is 0 Å². The van der Waals surface area contributed by atoms with Crippen LogP contribution >= 0.6 is 34.5 Å². The molecule has 0 spiro atoms. The summed E-state index contributed by atoms with van der Waals surface area (Å²) in [6, 6.07) is 1.59. The number of hydrogen-bond donors (Lipinski definition) is 1. The number of thiophene rings is 1. The first-order valence-electron chi connectivity index (χ1n) is 5.97. The molecule has 2 rings (SSSR count). The predicted molar refractivity (Wildman–Crippen MR) is 77.0 cm³/mol. The zero-order valence-corrected chi connectivity index (χ0v) is 12.5. The third-order valence-electron chi connectivity index (χ3n) is 3.23. The Labute approximate surface area is 125 Å². The lowest BCUT2D eigenvalue weighted by Crippen LogP contribution is -2.43. The maximum Gasteiger partial charge on any atom is 0.221 e. The van der Waals surface area contributed by atoms with Gasteiger partial charge in [-0.05, 0) is 25.5 Å². The third kappa shape index (κ3) is 3.69. The summed E-state index contributed by atoms with van der Waals surface area (Å²) in [6.45, 7) is 1.58. The van der Waals surface area contributed by atoms with Crippen LogP contribution in [-0.4, -0.2) is 36.2 Å². The Morgan fingerprint density at radius 2 is 2.21 bits per heavy atom. The molecular weight excluding hydrogens is 307 g/mol. The first-order chi connectivity index (χ1) is 8.97. The van der Waals surface area contributed by atoms with E-state index in [0.29, 0.717) is 20.8 Å². The smallest absolute Gasteiger partial charge is 0.221 e. The number of halogens is 2. The fourth-order valence-electron chi connectivity index (χ4n) is 2.25. The first kappa shape index (κ1) is 14.8. The number of likely N-dealkylation sites (tertiary alicyclic amines) is 1. The number of piperidine rings is 1. The molecule has 0 aromatic carbocycles. The number of hydrogen-bond acceptors (Lipinski definition) is 4. The van der Waals surface area contributed by atoms with Gasteiger partial charge < -0.3 is 5.73 Å². The summed E-state index contributed by atoms with van der Waals surface area (Å²) in [5.74, 6) is -0.532. The van der Waals surface area contributed by atoms with E-state index in [2.05, 4.69) is 0 Å². The number of rotatable bonds is 4. The minimum Gasteiger partial charge on any atom is -0.369 e. The number of carbonyl (C=O) groups excluding carboxylic acids is 2. The monoisotopic (exact) mass is 320 g/mol. The quantitative estimate of drug-likeness (QED) is 0.866. The van der Waals surface area contributed by atoms with Crippen LogP contribution < -0.4 is 5.73 Å². The van der Waals surface area contributed by atoms with Gasteiger partial charge in [0, 0.05) is 6.54 Å². The number of nitrogens with two attached hydrogens (primary N) is 1. The number of Topliss-reactive ketones (excluding diaryl/α,β-unsaturated/α-hetero) is 1. The molecule has 1 atom stereocenters. The van der Waals surface area contributed by atoms with Crippen molar-refractivity contribution in [3.8, 4) is 0 Å². The van der Waals surface area contributed by atoms with Gasteiger partial charge in [-0.25, -0.2) is 0 Å². The van der Waals surface area contributed by atoms with Gasteiger partial charge in [0.05, 0.1) is 22.4 Å². The summed E-state index contributed by atoms with van der Waals surface area (Å²) in [7, 11) is 0. The van der Waals surface area contributed by atoms with E-state index >= 15 is 0 Å². The molecule has 1 saturated heterocycles. The summed E-state index contributed by atoms with van der Waals surface area (Å²) in [4.78, 5) is 25.3. The fourth-order valence-corrected chi connectivity index (χ4v) is 3.75. The Hall–Kier alpha value is -0.620. The average Bonchev–Trinajstić information content (AvgIpc) is 2.69. The Bertz CT molecular complexity index is 504. The van der Waals surface area contributed by atoms with E-state index in [0.717, 1.165) is 19.4 Å². The molecule has 1 unspecified atom stereocenters. The predicted octanol–water partition coefficient (Wildman–Crippen LogP) is 2.43. The largest absolute Gasteiger partial charge is 0.369 e. The standard InChI is InChI=1S/C12H14Cl2N2O2S/c13-10-4-8(11(14)19-10)9(17)6-16-3-1-2-7(5-16)12(15)18/h4,7H,1-3,5-6H2,(H2,15,18). The second-order valence-electron chi connectivity index (χ2n) is 4.64. The van der Waals surface area contributed by atoms with Crippen LogP contribution in [0.25, 0.3) is 0 Å². The van der Waals surface area contributed by atoms with Gasteiger partial charge in [0.15, 0.2) is 5.78 Å².